The smallest absolute Gasteiger partial charge is 0.248 e. The molecule has 0 aliphatic rings. The minimum absolute atomic E-state index is 0.137. The van der Waals surface area contributed by atoms with Gasteiger partial charge in [-0.25, -0.2) is 4.98 Å². The number of rotatable bonds is 6. The zero-order valence-corrected chi connectivity index (χ0v) is 15.4. The highest BCUT2D eigenvalue weighted by molar-refractivity contribution is 5.93. The lowest BCUT2D eigenvalue weighted by atomic mass is 10.00. The molecule has 4 rings (SSSR count). The lowest BCUT2D eigenvalue weighted by molar-refractivity contribution is 0.100. The Morgan fingerprint density at radius 1 is 0.897 bits per heavy atom. The number of nitrogens with zero attached hydrogens (tertiary/aromatic N) is 2. The molecule has 6 heteroatoms. The van der Waals surface area contributed by atoms with Crippen LogP contribution in [-0.2, 0) is 6.54 Å². The highest BCUT2D eigenvalue weighted by Crippen LogP contribution is 2.30. The van der Waals surface area contributed by atoms with Crippen LogP contribution in [0.3, 0.4) is 0 Å². The molecule has 29 heavy (non-hydrogen) atoms. The van der Waals surface area contributed by atoms with Crippen LogP contribution in [0.25, 0.3) is 33.8 Å². The third kappa shape index (κ3) is 3.96. The van der Waals surface area contributed by atoms with E-state index in [4.69, 9.17) is 15.1 Å². The Kier molecular flexibility index (Phi) is 4.99. The quantitative estimate of drug-likeness (QED) is 0.471. The maximum absolute atomic E-state index is 11.3. The van der Waals surface area contributed by atoms with Gasteiger partial charge in [0.2, 0.25) is 5.91 Å². The van der Waals surface area contributed by atoms with Crippen LogP contribution >= 0.6 is 0 Å². The summed E-state index contributed by atoms with van der Waals surface area (Å²) in [6.07, 6.45) is 1.60. The van der Waals surface area contributed by atoms with Crippen molar-refractivity contribution in [2.24, 2.45) is 10.9 Å². The van der Waals surface area contributed by atoms with E-state index in [9.17, 15) is 9.70 Å². The molecule has 2 aromatic carbocycles. The molecular formula is C23H17N3O3. The van der Waals surface area contributed by atoms with Crippen molar-refractivity contribution in [2.45, 2.75) is 6.54 Å². The van der Waals surface area contributed by atoms with Crippen molar-refractivity contribution >= 4 is 5.91 Å². The molecule has 0 fully saturated rings. The maximum atomic E-state index is 11.3. The average Bonchev–Trinajstić information content (AvgIpc) is 3.29. The summed E-state index contributed by atoms with van der Waals surface area (Å²) >= 11 is 0. The first-order valence-electron chi connectivity index (χ1n) is 8.98. The van der Waals surface area contributed by atoms with Crippen LogP contribution in [0, 0.1) is 4.91 Å². The Labute approximate surface area is 167 Å². The van der Waals surface area contributed by atoms with Gasteiger partial charge < -0.3 is 10.2 Å². The zero-order chi connectivity index (χ0) is 20.2. The number of amides is 1. The third-order valence-corrected chi connectivity index (χ3v) is 4.60. The van der Waals surface area contributed by atoms with Crippen molar-refractivity contribution in [1.29, 1.82) is 0 Å². The van der Waals surface area contributed by atoms with E-state index in [1.165, 1.54) is 0 Å². The summed E-state index contributed by atoms with van der Waals surface area (Å²) in [7, 11) is 0. The lowest BCUT2D eigenvalue weighted by Gasteiger charge is -2.09. The van der Waals surface area contributed by atoms with E-state index in [1.807, 2.05) is 60.7 Å². The Morgan fingerprint density at radius 3 is 2.21 bits per heavy atom. The van der Waals surface area contributed by atoms with Gasteiger partial charge in [0.05, 0.1) is 12.0 Å². The van der Waals surface area contributed by atoms with E-state index in [0.29, 0.717) is 17.0 Å². The number of nitrogens with two attached hydrogens (primary N) is 1. The van der Waals surface area contributed by atoms with Crippen molar-refractivity contribution in [2.75, 3.05) is 0 Å². The van der Waals surface area contributed by atoms with Crippen molar-refractivity contribution < 1.29 is 9.21 Å². The van der Waals surface area contributed by atoms with E-state index in [2.05, 4.69) is 5.18 Å². The van der Waals surface area contributed by atoms with Gasteiger partial charge in [0.25, 0.3) is 0 Å². The molecule has 0 radical (unpaired) electrons. The first-order valence-corrected chi connectivity index (χ1v) is 8.98. The van der Waals surface area contributed by atoms with Crippen LogP contribution in [-0.4, -0.2) is 10.9 Å². The fourth-order valence-electron chi connectivity index (χ4n) is 3.08. The number of pyridine rings is 1. The minimum Gasteiger partial charge on any atom is -0.463 e. The molecule has 0 saturated heterocycles. The number of furan rings is 1. The number of aromatic nitrogens is 1. The first-order chi connectivity index (χ1) is 14.1. The second-order valence-corrected chi connectivity index (χ2v) is 6.53. The van der Waals surface area contributed by atoms with E-state index < -0.39 is 5.91 Å². The normalized spacial score (nSPS) is 10.6. The van der Waals surface area contributed by atoms with Crippen molar-refractivity contribution in [1.82, 2.24) is 4.98 Å². The lowest BCUT2D eigenvalue weighted by Crippen LogP contribution is -2.10. The van der Waals surface area contributed by atoms with Crippen LogP contribution in [0.15, 0.2) is 88.7 Å². The fraction of sp³-hybridized carbons (Fsp3) is 0.0435. The molecule has 4 aromatic rings. The summed E-state index contributed by atoms with van der Waals surface area (Å²) < 4.78 is 5.53. The topological polar surface area (TPSA) is 98.6 Å². The fourth-order valence-corrected chi connectivity index (χ4v) is 3.08. The van der Waals surface area contributed by atoms with Gasteiger partial charge in [-0.05, 0) is 53.1 Å². The predicted octanol–water partition coefficient (Wildman–Crippen LogP) is 5.04. The molecule has 0 bridgehead atoms. The zero-order valence-electron chi connectivity index (χ0n) is 15.4. The van der Waals surface area contributed by atoms with E-state index >= 15 is 0 Å². The highest BCUT2D eigenvalue weighted by Gasteiger charge is 2.11. The van der Waals surface area contributed by atoms with Crippen molar-refractivity contribution in [3.8, 4) is 33.8 Å². The molecule has 2 aromatic heterocycles. The summed E-state index contributed by atoms with van der Waals surface area (Å²) in [6.45, 7) is 0.137. The second-order valence-electron chi connectivity index (χ2n) is 6.53. The van der Waals surface area contributed by atoms with E-state index in [1.54, 1.807) is 18.4 Å². The van der Waals surface area contributed by atoms with Crippen LogP contribution in [0.2, 0.25) is 0 Å². The van der Waals surface area contributed by atoms with Gasteiger partial charge in [-0.1, -0.05) is 41.6 Å². The second kappa shape index (κ2) is 7.90. The first kappa shape index (κ1) is 18.3. The molecule has 2 heterocycles. The van der Waals surface area contributed by atoms with E-state index in [-0.39, 0.29) is 6.54 Å². The molecule has 0 saturated carbocycles. The molecule has 0 unspecified atom stereocenters. The maximum Gasteiger partial charge on any atom is 0.248 e. The Morgan fingerprint density at radius 2 is 1.59 bits per heavy atom. The molecule has 2 N–H and O–H groups in total. The van der Waals surface area contributed by atoms with Gasteiger partial charge in [-0.15, -0.1) is 0 Å². The number of benzene rings is 2. The van der Waals surface area contributed by atoms with Gasteiger partial charge >= 0.3 is 0 Å². The number of nitroso groups, excluding NO2 is 1. The summed E-state index contributed by atoms with van der Waals surface area (Å²) in [5.74, 6) is 0.191. The van der Waals surface area contributed by atoms with Gasteiger partial charge in [-0.2, -0.15) is 4.91 Å². The molecule has 0 aliphatic heterocycles. The van der Waals surface area contributed by atoms with Crippen molar-refractivity contribution in [3.63, 3.8) is 0 Å². The minimum atomic E-state index is -0.465. The molecule has 1 amide bonds. The third-order valence-electron chi connectivity index (χ3n) is 4.60. The van der Waals surface area contributed by atoms with Crippen molar-refractivity contribution in [3.05, 3.63) is 95.1 Å². The number of primary amides is 1. The Hall–Kier alpha value is -4.06. The standard InChI is InChI=1S/C23H17N3O3/c24-23(27)18-9-7-16(8-10-18)19-12-20(17-5-3-15(4-6-17)14-25-28)26-21(13-19)22-2-1-11-29-22/h1-13H,14H2,(H2,24,27). The summed E-state index contributed by atoms with van der Waals surface area (Å²) in [5, 5.41) is 2.92. The Bertz CT molecular complexity index is 1150. The number of carbonyl (C=O) groups is 1. The molecule has 0 aliphatic carbocycles. The SMILES string of the molecule is NC(=O)c1ccc(-c2cc(-c3ccc(CN=O)cc3)nc(-c3ccco3)c2)cc1. The largest absolute Gasteiger partial charge is 0.463 e. The molecular weight excluding hydrogens is 366 g/mol. The van der Waals surface area contributed by atoms with Crippen LogP contribution in [0.5, 0.6) is 0 Å². The molecule has 0 spiro atoms. The van der Waals surface area contributed by atoms with Gasteiger partial charge in [0, 0.05) is 11.1 Å². The molecule has 6 nitrogen and oxygen atoms in total. The molecule has 0 atom stereocenters. The van der Waals surface area contributed by atoms with Gasteiger partial charge in [0.15, 0.2) is 5.76 Å². The Balaban J connectivity index is 1.80. The summed E-state index contributed by atoms with van der Waals surface area (Å²) in [5.41, 5.74) is 10.8. The van der Waals surface area contributed by atoms with Crippen LogP contribution < -0.4 is 5.73 Å². The molecule has 142 valence electrons. The number of hydrogen-bond donors (Lipinski definition) is 1. The van der Waals surface area contributed by atoms with Gasteiger partial charge in [0.1, 0.15) is 12.2 Å². The summed E-state index contributed by atoms with van der Waals surface area (Å²) in [4.78, 5) is 26.6. The number of hydrogen-bond acceptors (Lipinski definition) is 5. The average molecular weight is 383 g/mol. The monoisotopic (exact) mass is 383 g/mol. The summed E-state index contributed by atoms with van der Waals surface area (Å²) in [6, 6.07) is 22.2. The van der Waals surface area contributed by atoms with Crippen LogP contribution in [0.4, 0.5) is 0 Å². The van der Waals surface area contributed by atoms with Crippen LogP contribution in [0.1, 0.15) is 15.9 Å². The van der Waals surface area contributed by atoms with E-state index in [0.717, 1.165) is 27.9 Å². The highest BCUT2D eigenvalue weighted by atomic mass is 16.3. The van der Waals surface area contributed by atoms with Gasteiger partial charge in [-0.3, -0.25) is 4.79 Å². The predicted molar refractivity (Wildman–Crippen MR) is 111 cm³/mol. The number of carbonyl (C=O) groups excluding carboxylic acids is 1.